The Hall–Kier alpha value is -2.66. The maximum atomic E-state index is 14.1. The summed E-state index contributed by atoms with van der Waals surface area (Å²) < 4.78 is 21.5. The molecule has 2 bridgehead atoms. The molecule has 138 valence electrons. The lowest BCUT2D eigenvalue weighted by Gasteiger charge is -2.35. The Kier molecular flexibility index (Phi) is 3.97. The third-order valence-corrected chi connectivity index (χ3v) is 5.96. The molecule has 0 radical (unpaired) electrons. The highest BCUT2D eigenvalue weighted by molar-refractivity contribution is 5.41. The molecule has 0 spiro atoms. The van der Waals surface area contributed by atoms with Crippen LogP contribution in [-0.2, 0) is 13.0 Å². The average Bonchev–Trinajstić information content (AvgIpc) is 3.24. The Morgan fingerprint density at radius 2 is 1.93 bits per heavy atom. The van der Waals surface area contributed by atoms with Crippen LogP contribution in [0.5, 0.6) is 5.75 Å². The van der Waals surface area contributed by atoms with Gasteiger partial charge in [0.15, 0.2) is 0 Å². The van der Waals surface area contributed by atoms with E-state index >= 15 is 0 Å². The molecule has 3 aromatic rings. The summed E-state index contributed by atoms with van der Waals surface area (Å²) in [5.41, 5.74) is 4.41. The summed E-state index contributed by atoms with van der Waals surface area (Å²) in [6.45, 7) is 0.662. The summed E-state index contributed by atoms with van der Waals surface area (Å²) in [5, 5.41) is 4.68. The van der Waals surface area contributed by atoms with E-state index in [1.54, 1.807) is 19.2 Å². The fourth-order valence-corrected chi connectivity index (χ4v) is 4.59. The molecule has 0 unspecified atom stereocenters. The highest BCUT2D eigenvalue weighted by Gasteiger charge is 2.42. The van der Waals surface area contributed by atoms with Crippen LogP contribution in [0.1, 0.15) is 35.7 Å². The fraction of sp³-hybridized carbons (Fsp3) is 0.318. The Labute approximate surface area is 158 Å². The number of nitrogens with zero attached hydrogens (tertiary/aromatic N) is 3. The van der Waals surface area contributed by atoms with Gasteiger partial charge in [0.05, 0.1) is 24.7 Å². The van der Waals surface area contributed by atoms with Gasteiger partial charge in [0.2, 0.25) is 0 Å². The number of halogens is 1. The van der Waals surface area contributed by atoms with Crippen molar-refractivity contribution in [1.29, 1.82) is 0 Å². The van der Waals surface area contributed by atoms with Crippen LogP contribution in [0.3, 0.4) is 0 Å². The highest BCUT2D eigenvalue weighted by Crippen LogP contribution is 2.45. The van der Waals surface area contributed by atoms with E-state index < -0.39 is 0 Å². The summed E-state index contributed by atoms with van der Waals surface area (Å²) in [6.07, 6.45) is 5.21. The van der Waals surface area contributed by atoms with Gasteiger partial charge >= 0.3 is 0 Å². The molecule has 27 heavy (non-hydrogen) atoms. The average molecular weight is 363 g/mol. The molecular formula is C22H22FN3O. The molecule has 2 aliphatic heterocycles. The van der Waals surface area contributed by atoms with Gasteiger partial charge in [0.1, 0.15) is 11.6 Å². The third kappa shape index (κ3) is 2.73. The quantitative estimate of drug-likeness (QED) is 0.693. The minimum Gasteiger partial charge on any atom is -0.497 e. The van der Waals surface area contributed by atoms with Crippen LogP contribution in [0.4, 0.5) is 4.39 Å². The number of aromatic nitrogens is 2. The molecule has 0 saturated carbocycles. The summed E-state index contributed by atoms with van der Waals surface area (Å²) >= 11 is 0. The first-order chi connectivity index (χ1) is 13.2. The summed E-state index contributed by atoms with van der Waals surface area (Å²) in [4.78, 5) is 2.46. The molecule has 2 aliphatic rings. The van der Waals surface area contributed by atoms with Gasteiger partial charge in [-0.05, 0) is 43.2 Å². The topological polar surface area (TPSA) is 30.3 Å². The second-order valence-corrected chi connectivity index (χ2v) is 7.37. The Morgan fingerprint density at radius 3 is 2.70 bits per heavy atom. The maximum absolute atomic E-state index is 14.1. The summed E-state index contributed by atoms with van der Waals surface area (Å²) in [6, 6.07) is 15.9. The number of hydrogen-bond acceptors (Lipinski definition) is 3. The molecule has 0 aliphatic carbocycles. The fourth-order valence-electron chi connectivity index (χ4n) is 4.59. The monoisotopic (exact) mass is 363 g/mol. The van der Waals surface area contributed by atoms with Gasteiger partial charge in [-0.1, -0.05) is 18.2 Å². The number of methoxy groups -OCH3 is 1. The van der Waals surface area contributed by atoms with Gasteiger partial charge in [-0.15, -0.1) is 0 Å². The van der Waals surface area contributed by atoms with E-state index in [4.69, 9.17) is 4.74 Å². The smallest absolute Gasteiger partial charge is 0.127 e. The van der Waals surface area contributed by atoms with Crippen LogP contribution in [0.15, 0.2) is 54.7 Å². The van der Waals surface area contributed by atoms with E-state index in [2.05, 4.69) is 14.7 Å². The van der Waals surface area contributed by atoms with Crippen molar-refractivity contribution in [3.63, 3.8) is 0 Å². The van der Waals surface area contributed by atoms with E-state index in [0.717, 1.165) is 36.3 Å². The number of ether oxygens (including phenoxy) is 1. The van der Waals surface area contributed by atoms with Crippen molar-refractivity contribution >= 4 is 0 Å². The minimum atomic E-state index is -0.114. The largest absolute Gasteiger partial charge is 0.497 e. The minimum absolute atomic E-state index is 0.114. The van der Waals surface area contributed by atoms with E-state index in [1.807, 2.05) is 42.6 Å². The molecule has 0 amide bonds. The van der Waals surface area contributed by atoms with Crippen LogP contribution in [0.25, 0.3) is 5.69 Å². The number of hydrogen-bond donors (Lipinski definition) is 0. The van der Waals surface area contributed by atoms with E-state index in [0.29, 0.717) is 18.6 Å². The van der Waals surface area contributed by atoms with Crippen LogP contribution in [-0.4, -0.2) is 27.8 Å². The van der Waals surface area contributed by atoms with Crippen molar-refractivity contribution in [3.8, 4) is 11.4 Å². The van der Waals surface area contributed by atoms with Gasteiger partial charge in [-0.25, -0.2) is 9.07 Å². The SMILES string of the molecule is COc1ccc(-n2ncc3c2C[C@H]2CC[C@@H]3N2Cc2ccccc2F)cc1. The molecule has 1 fully saturated rings. The highest BCUT2D eigenvalue weighted by atomic mass is 19.1. The first-order valence-electron chi connectivity index (χ1n) is 9.45. The van der Waals surface area contributed by atoms with Crippen LogP contribution < -0.4 is 4.74 Å². The van der Waals surface area contributed by atoms with Gasteiger partial charge in [0, 0.05) is 36.2 Å². The van der Waals surface area contributed by atoms with Crippen molar-refractivity contribution in [1.82, 2.24) is 14.7 Å². The van der Waals surface area contributed by atoms with Crippen molar-refractivity contribution in [2.75, 3.05) is 7.11 Å². The summed E-state index contributed by atoms with van der Waals surface area (Å²) in [7, 11) is 1.67. The zero-order chi connectivity index (χ0) is 18.4. The molecular weight excluding hydrogens is 341 g/mol. The van der Waals surface area contributed by atoms with Crippen LogP contribution in [0, 0.1) is 5.82 Å². The van der Waals surface area contributed by atoms with Gasteiger partial charge in [-0.2, -0.15) is 5.10 Å². The lowest BCUT2D eigenvalue weighted by molar-refractivity contribution is 0.165. The van der Waals surface area contributed by atoms with Crippen LogP contribution in [0.2, 0.25) is 0 Å². The Balaban J connectivity index is 1.46. The second-order valence-electron chi connectivity index (χ2n) is 7.37. The normalized spacial score (nSPS) is 21.3. The summed E-state index contributed by atoms with van der Waals surface area (Å²) in [5.74, 6) is 0.729. The molecule has 5 rings (SSSR count). The zero-order valence-electron chi connectivity index (χ0n) is 15.3. The van der Waals surface area contributed by atoms with E-state index in [-0.39, 0.29) is 5.82 Å². The molecule has 2 atom stereocenters. The first kappa shape index (κ1) is 16.5. The molecule has 2 aromatic carbocycles. The van der Waals surface area contributed by atoms with Crippen molar-refractivity contribution in [2.24, 2.45) is 0 Å². The molecule has 1 aromatic heterocycles. The predicted molar refractivity (Wildman–Crippen MR) is 102 cm³/mol. The molecule has 0 N–H and O–H groups in total. The molecule has 5 heteroatoms. The molecule has 4 nitrogen and oxygen atoms in total. The van der Waals surface area contributed by atoms with Gasteiger partial charge in [0.25, 0.3) is 0 Å². The second kappa shape index (κ2) is 6.50. The first-order valence-corrected chi connectivity index (χ1v) is 9.45. The Bertz CT molecular complexity index is 966. The van der Waals surface area contributed by atoms with Crippen molar-refractivity contribution in [2.45, 2.75) is 37.9 Å². The number of rotatable bonds is 4. The standard InChI is InChI=1S/C22H22FN3O/c1-27-18-9-6-16(7-10-18)26-22-12-17-8-11-21(19(22)13-24-26)25(17)14-15-4-2-3-5-20(15)23/h2-7,9-10,13,17,21H,8,11-12,14H2,1H3/t17-,21+/m1/s1. The maximum Gasteiger partial charge on any atom is 0.127 e. The number of fused-ring (bicyclic) bond motifs is 4. The molecule has 1 saturated heterocycles. The Morgan fingerprint density at radius 1 is 1.11 bits per heavy atom. The third-order valence-electron chi connectivity index (χ3n) is 5.96. The van der Waals surface area contributed by atoms with Crippen LogP contribution >= 0.6 is 0 Å². The zero-order valence-corrected chi connectivity index (χ0v) is 15.3. The van der Waals surface area contributed by atoms with E-state index in [9.17, 15) is 4.39 Å². The predicted octanol–water partition coefficient (Wildman–Crippen LogP) is 4.28. The van der Waals surface area contributed by atoms with Crippen molar-refractivity contribution in [3.05, 3.63) is 77.4 Å². The van der Waals surface area contributed by atoms with Crippen molar-refractivity contribution < 1.29 is 9.13 Å². The number of benzene rings is 2. The molecule has 3 heterocycles. The lowest BCUT2D eigenvalue weighted by atomic mass is 9.99. The lowest BCUT2D eigenvalue weighted by Crippen LogP contribution is -2.37. The van der Waals surface area contributed by atoms with Gasteiger partial charge in [-0.3, -0.25) is 4.90 Å². The van der Waals surface area contributed by atoms with E-state index in [1.165, 1.54) is 11.3 Å². The van der Waals surface area contributed by atoms with Gasteiger partial charge < -0.3 is 4.74 Å².